The van der Waals surface area contributed by atoms with E-state index in [-0.39, 0.29) is 16.7 Å². The first-order valence-corrected chi connectivity index (χ1v) is 13.2. The summed E-state index contributed by atoms with van der Waals surface area (Å²) in [7, 11) is -4.08. The molecular formula is C24H25ClN2O4S2. The number of thiophene rings is 1. The number of nitrogens with one attached hydrogen (secondary N) is 2. The summed E-state index contributed by atoms with van der Waals surface area (Å²) in [5, 5.41) is 14.1. The second-order valence-electron chi connectivity index (χ2n) is 8.60. The molecule has 3 N–H and O–H groups in total. The van der Waals surface area contributed by atoms with Gasteiger partial charge in [-0.05, 0) is 41.8 Å². The maximum Gasteiger partial charge on any atom is 0.325 e. The lowest BCUT2D eigenvalue weighted by Crippen LogP contribution is -2.51. The van der Waals surface area contributed by atoms with Crippen LogP contribution in [0.4, 0.5) is 0 Å². The number of rotatable bonds is 9. The van der Waals surface area contributed by atoms with Gasteiger partial charge in [-0.3, -0.25) is 4.79 Å². The van der Waals surface area contributed by atoms with E-state index in [0.29, 0.717) is 11.6 Å². The van der Waals surface area contributed by atoms with Gasteiger partial charge in [-0.15, -0.1) is 11.3 Å². The number of carbonyl (C=O) groups is 1. The van der Waals surface area contributed by atoms with Gasteiger partial charge < -0.3 is 10.4 Å². The van der Waals surface area contributed by atoms with Crippen LogP contribution in [-0.2, 0) is 20.2 Å². The number of carboxylic acid groups (broad SMARTS) is 1. The van der Waals surface area contributed by atoms with Crippen LogP contribution in [0, 0.1) is 0 Å². The van der Waals surface area contributed by atoms with Crippen molar-refractivity contribution >= 4 is 38.9 Å². The minimum Gasteiger partial charge on any atom is -0.480 e. The molecule has 9 heteroatoms. The molecule has 0 spiro atoms. The van der Waals surface area contributed by atoms with Crippen molar-refractivity contribution in [1.82, 2.24) is 10.0 Å². The highest BCUT2D eigenvalue weighted by atomic mass is 35.5. The van der Waals surface area contributed by atoms with Gasteiger partial charge in [-0.25, -0.2) is 8.42 Å². The smallest absolute Gasteiger partial charge is 0.325 e. The topological polar surface area (TPSA) is 95.5 Å². The average molecular weight is 505 g/mol. The zero-order valence-corrected chi connectivity index (χ0v) is 20.6. The molecule has 0 aliphatic heterocycles. The van der Waals surface area contributed by atoms with Crippen LogP contribution in [0.3, 0.4) is 0 Å². The second kappa shape index (κ2) is 8.85. The van der Waals surface area contributed by atoms with Crippen LogP contribution in [0.5, 0.6) is 0 Å². The van der Waals surface area contributed by atoms with Crippen molar-refractivity contribution < 1.29 is 18.3 Å². The van der Waals surface area contributed by atoms with Crippen molar-refractivity contribution in [3.05, 3.63) is 77.3 Å². The summed E-state index contributed by atoms with van der Waals surface area (Å²) in [6, 6.07) is 19.7. The molecule has 4 rings (SSSR count). The van der Waals surface area contributed by atoms with Crippen molar-refractivity contribution in [1.29, 1.82) is 0 Å². The van der Waals surface area contributed by atoms with Crippen LogP contribution < -0.4 is 10.0 Å². The maximum atomic E-state index is 13.3. The fraction of sp³-hybridized carbons (Fsp3) is 0.292. The summed E-state index contributed by atoms with van der Waals surface area (Å²) in [5.41, 5.74) is -0.908. The molecule has 0 saturated heterocycles. The number of halogens is 1. The summed E-state index contributed by atoms with van der Waals surface area (Å²) in [6.07, 6.45) is 0.160. The fourth-order valence-corrected chi connectivity index (χ4v) is 7.04. The van der Waals surface area contributed by atoms with Crippen LogP contribution in [-0.4, -0.2) is 37.6 Å². The van der Waals surface area contributed by atoms with Gasteiger partial charge in [-0.1, -0.05) is 67.9 Å². The molecule has 0 amide bonds. The first-order chi connectivity index (χ1) is 15.6. The van der Waals surface area contributed by atoms with Gasteiger partial charge in [-0.2, -0.15) is 4.72 Å². The summed E-state index contributed by atoms with van der Waals surface area (Å²) < 4.78 is 29.3. The van der Waals surface area contributed by atoms with E-state index in [2.05, 4.69) is 10.0 Å². The minimum atomic E-state index is -4.08. The van der Waals surface area contributed by atoms with Crippen molar-refractivity contribution in [3.8, 4) is 10.4 Å². The molecule has 1 heterocycles. The zero-order valence-electron chi connectivity index (χ0n) is 18.2. The number of sulfonamides is 1. The number of carboxylic acids is 1. The molecule has 3 aromatic rings. The molecule has 2 atom stereocenters. The standard InChI is InChI=1S/C24H25ClN2O4S2/c1-16(2)26-15-23(18-6-4-3-5-7-18)14-24(23,22(28)29)27-33(30,31)21-13-12-20(32-21)17-8-10-19(25)11-9-17/h3-13,16,26-27H,14-15H2,1-2H3,(H,28,29)/t23-,24+/m1/s1. The van der Waals surface area contributed by atoms with Gasteiger partial charge in [0.05, 0.1) is 0 Å². The Kier molecular flexibility index (Phi) is 6.41. The van der Waals surface area contributed by atoms with Crippen LogP contribution in [0.1, 0.15) is 25.8 Å². The Morgan fingerprint density at radius 2 is 1.76 bits per heavy atom. The molecule has 0 unspecified atom stereocenters. The van der Waals surface area contributed by atoms with E-state index in [1.54, 1.807) is 18.2 Å². The largest absolute Gasteiger partial charge is 0.480 e. The number of hydrogen-bond donors (Lipinski definition) is 3. The molecule has 33 heavy (non-hydrogen) atoms. The second-order valence-corrected chi connectivity index (χ2v) is 12.0. The first kappa shape index (κ1) is 23.9. The lowest BCUT2D eigenvalue weighted by atomic mass is 9.90. The summed E-state index contributed by atoms with van der Waals surface area (Å²) >= 11 is 7.04. The molecule has 2 aromatic carbocycles. The molecule has 174 valence electrons. The lowest BCUT2D eigenvalue weighted by Gasteiger charge is -2.25. The van der Waals surface area contributed by atoms with Gasteiger partial charge in [0.2, 0.25) is 0 Å². The van der Waals surface area contributed by atoms with E-state index >= 15 is 0 Å². The molecule has 0 radical (unpaired) electrons. The molecule has 1 fully saturated rings. The van der Waals surface area contributed by atoms with E-state index < -0.39 is 26.9 Å². The lowest BCUT2D eigenvalue weighted by molar-refractivity contribution is -0.140. The van der Waals surface area contributed by atoms with Crippen LogP contribution in [0.25, 0.3) is 10.4 Å². The highest BCUT2D eigenvalue weighted by molar-refractivity contribution is 7.91. The highest BCUT2D eigenvalue weighted by Gasteiger charge is 2.74. The molecule has 1 aliphatic carbocycles. The van der Waals surface area contributed by atoms with E-state index in [0.717, 1.165) is 27.3 Å². The summed E-state index contributed by atoms with van der Waals surface area (Å²) in [5.74, 6) is -1.19. The third kappa shape index (κ3) is 4.46. The quantitative estimate of drug-likeness (QED) is 0.398. The van der Waals surface area contributed by atoms with E-state index in [1.165, 1.54) is 6.07 Å². The van der Waals surface area contributed by atoms with Crippen LogP contribution in [0.15, 0.2) is 70.9 Å². The molecule has 0 bridgehead atoms. The molecule has 6 nitrogen and oxygen atoms in total. The SMILES string of the molecule is CC(C)NC[C@@]1(c2ccccc2)C[C@]1(NS(=O)(=O)c1ccc(-c2ccc(Cl)cc2)s1)C(=O)O. The highest BCUT2D eigenvalue weighted by Crippen LogP contribution is 2.58. The summed E-state index contributed by atoms with van der Waals surface area (Å²) in [4.78, 5) is 13.3. The first-order valence-electron chi connectivity index (χ1n) is 10.5. The number of hydrogen-bond acceptors (Lipinski definition) is 5. The summed E-state index contributed by atoms with van der Waals surface area (Å²) in [6.45, 7) is 4.28. The molecule has 1 aliphatic rings. The average Bonchev–Trinajstić information content (AvgIpc) is 3.15. The van der Waals surface area contributed by atoms with Crippen LogP contribution >= 0.6 is 22.9 Å². The van der Waals surface area contributed by atoms with Crippen molar-refractivity contribution in [2.45, 2.75) is 41.5 Å². The van der Waals surface area contributed by atoms with Gasteiger partial charge in [0, 0.05) is 27.9 Å². The third-order valence-corrected chi connectivity index (χ3v) is 9.42. The monoisotopic (exact) mass is 504 g/mol. The molecule has 1 saturated carbocycles. The number of aliphatic carboxylic acids is 1. The predicted octanol–water partition coefficient (Wildman–Crippen LogP) is 4.51. The maximum absolute atomic E-state index is 13.3. The van der Waals surface area contributed by atoms with Crippen molar-refractivity contribution in [2.75, 3.05) is 6.54 Å². The Morgan fingerprint density at radius 3 is 2.36 bits per heavy atom. The predicted molar refractivity (Wildman–Crippen MR) is 131 cm³/mol. The van der Waals surface area contributed by atoms with E-state index in [9.17, 15) is 18.3 Å². The van der Waals surface area contributed by atoms with Gasteiger partial charge in [0.25, 0.3) is 10.0 Å². The number of benzene rings is 2. The Labute approximate surface area is 202 Å². The van der Waals surface area contributed by atoms with E-state index in [1.807, 2.05) is 56.3 Å². The Morgan fingerprint density at radius 1 is 1.09 bits per heavy atom. The third-order valence-electron chi connectivity index (χ3n) is 6.05. The molecular weight excluding hydrogens is 480 g/mol. The zero-order chi connectivity index (χ0) is 23.9. The molecule has 1 aromatic heterocycles. The Hall–Kier alpha value is -2.23. The van der Waals surface area contributed by atoms with Gasteiger partial charge in [0.15, 0.2) is 0 Å². The van der Waals surface area contributed by atoms with Crippen LogP contribution in [0.2, 0.25) is 5.02 Å². The fourth-order valence-electron chi connectivity index (χ4n) is 4.18. The van der Waals surface area contributed by atoms with Gasteiger partial charge in [0.1, 0.15) is 9.75 Å². The van der Waals surface area contributed by atoms with Crippen molar-refractivity contribution in [2.24, 2.45) is 0 Å². The van der Waals surface area contributed by atoms with E-state index in [4.69, 9.17) is 11.6 Å². The Bertz CT molecular complexity index is 1260. The minimum absolute atomic E-state index is 0.0683. The Balaban J connectivity index is 1.68. The normalized spacial score (nSPS) is 22.4. The van der Waals surface area contributed by atoms with Crippen molar-refractivity contribution in [3.63, 3.8) is 0 Å². The van der Waals surface area contributed by atoms with Gasteiger partial charge >= 0.3 is 5.97 Å².